The Morgan fingerprint density at radius 3 is 2.31 bits per heavy atom. The predicted octanol–water partition coefficient (Wildman–Crippen LogP) is 5.97. The van der Waals surface area contributed by atoms with Gasteiger partial charge in [-0.25, -0.2) is 4.68 Å². The summed E-state index contributed by atoms with van der Waals surface area (Å²) >= 11 is 0. The number of amides is 3. The molecule has 0 bridgehead atoms. The van der Waals surface area contributed by atoms with Crippen molar-refractivity contribution < 1.29 is 24.2 Å². The Morgan fingerprint density at radius 1 is 0.959 bits per heavy atom. The van der Waals surface area contributed by atoms with E-state index < -0.39 is 6.04 Å². The number of hydrogen-bond acceptors (Lipinski definition) is 6. The maximum absolute atomic E-state index is 14.5. The molecule has 3 aromatic carbocycles. The van der Waals surface area contributed by atoms with Crippen LogP contribution in [0, 0.1) is 6.92 Å². The highest BCUT2D eigenvalue weighted by Crippen LogP contribution is 2.29. The fourth-order valence-corrected chi connectivity index (χ4v) is 6.24. The normalized spacial score (nSPS) is 13.9. The smallest absolute Gasteiger partial charge is 0.274 e. The highest BCUT2D eigenvalue weighted by Gasteiger charge is 2.32. The number of nitrogens with one attached hydrogen (secondary N) is 1. The van der Waals surface area contributed by atoms with E-state index in [1.54, 1.807) is 53.1 Å². The van der Waals surface area contributed by atoms with E-state index in [0.717, 1.165) is 42.4 Å². The van der Waals surface area contributed by atoms with Crippen LogP contribution in [0.5, 0.6) is 5.75 Å². The van der Waals surface area contributed by atoms with E-state index in [2.05, 4.69) is 19.2 Å². The van der Waals surface area contributed by atoms with Crippen molar-refractivity contribution >= 4 is 23.4 Å². The highest BCUT2D eigenvalue weighted by molar-refractivity contribution is 6.01. The van der Waals surface area contributed by atoms with Gasteiger partial charge >= 0.3 is 0 Å². The number of benzene rings is 3. The fraction of sp³-hybridized carbons (Fsp3) is 0.385. The lowest BCUT2D eigenvalue weighted by molar-refractivity contribution is -0.115. The van der Waals surface area contributed by atoms with E-state index in [-0.39, 0.29) is 30.7 Å². The van der Waals surface area contributed by atoms with Crippen LogP contribution >= 0.6 is 0 Å². The second-order valence-electron chi connectivity index (χ2n) is 12.6. The Kier molecular flexibility index (Phi) is 11.9. The number of hydrogen-bond donors (Lipinski definition) is 2. The van der Waals surface area contributed by atoms with Gasteiger partial charge in [0.25, 0.3) is 11.8 Å². The van der Waals surface area contributed by atoms with Gasteiger partial charge in [-0.2, -0.15) is 5.10 Å². The molecule has 10 nitrogen and oxygen atoms in total. The minimum Gasteiger partial charge on any atom is -0.497 e. The molecule has 0 radical (unpaired) electrons. The van der Waals surface area contributed by atoms with Gasteiger partial charge in [-0.05, 0) is 79.3 Å². The maximum Gasteiger partial charge on any atom is 0.274 e. The summed E-state index contributed by atoms with van der Waals surface area (Å²) in [6.07, 6.45) is 4.44. The van der Waals surface area contributed by atoms with Crippen molar-refractivity contribution in [1.29, 1.82) is 0 Å². The third kappa shape index (κ3) is 8.37. The summed E-state index contributed by atoms with van der Waals surface area (Å²) in [6, 6.07) is 21.7. The van der Waals surface area contributed by atoms with Crippen molar-refractivity contribution in [3.8, 4) is 11.4 Å². The molecule has 5 rings (SSSR count). The molecule has 0 spiro atoms. The van der Waals surface area contributed by atoms with Gasteiger partial charge < -0.3 is 25.0 Å². The molecule has 0 fully saturated rings. The number of rotatable bonds is 14. The van der Waals surface area contributed by atoms with E-state index in [1.165, 1.54) is 0 Å². The largest absolute Gasteiger partial charge is 0.497 e. The predicted molar refractivity (Wildman–Crippen MR) is 190 cm³/mol. The summed E-state index contributed by atoms with van der Waals surface area (Å²) in [5, 5.41) is 18.1. The van der Waals surface area contributed by atoms with Gasteiger partial charge in [0.15, 0.2) is 5.69 Å². The number of nitrogens with zero attached hydrogens (tertiary/aromatic N) is 4. The molecule has 10 heteroatoms. The number of carbonyl (C=O) groups is 3. The average Bonchev–Trinajstić information content (AvgIpc) is 3.51. The molecule has 49 heavy (non-hydrogen) atoms. The van der Waals surface area contributed by atoms with Gasteiger partial charge in [0.1, 0.15) is 5.75 Å². The molecule has 0 aliphatic carbocycles. The van der Waals surface area contributed by atoms with Crippen molar-refractivity contribution in [2.45, 2.75) is 71.9 Å². The molecule has 4 aromatic rings. The van der Waals surface area contributed by atoms with Crippen LogP contribution in [0.3, 0.4) is 0 Å². The van der Waals surface area contributed by atoms with Gasteiger partial charge in [0.2, 0.25) is 5.91 Å². The summed E-state index contributed by atoms with van der Waals surface area (Å²) in [4.78, 5) is 44.9. The van der Waals surface area contributed by atoms with Crippen LogP contribution in [0.1, 0.15) is 82.8 Å². The molecule has 1 atom stereocenters. The molecular weight excluding hydrogens is 618 g/mol. The zero-order valence-electron chi connectivity index (χ0n) is 28.9. The number of anilines is 1. The molecule has 1 aliphatic rings. The number of aliphatic hydroxyl groups is 1. The lowest BCUT2D eigenvalue weighted by Crippen LogP contribution is -2.46. The molecule has 3 amide bonds. The van der Waals surface area contributed by atoms with E-state index in [0.29, 0.717) is 60.1 Å². The van der Waals surface area contributed by atoms with Crippen LogP contribution in [-0.2, 0) is 24.2 Å². The SMILES string of the molecule is CCCCN(CCCC)C(=O)c1cc(C)n(-c2ccc(NC(=O)Cc3ccc(OC)cc3)cc2C(=O)N2Cc3ccccc3C[C@H]2CO)n1. The van der Waals surface area contributed by atoms with Gasteiger partial charge in [0, 0.05) is 31.0 Å². The third-order valence-electron chi connectivity index (χ3n) is 9.05. The van der Waals surface area contributed by atoms with Crippen LogP contribution in [0.25, 0.3) is 5.69 Å². The van der Waals surface area contributed by atoms with E-state index in [1.807, 2.05) is 48.2 Å². The molecule has 0 unspecified atom stereocenters. The topological polar surface area (TPSA) is 117 Å². The number of aryl methyl sites for hydroxylation is 1. The van der Waals surface area contributed by atoms with E-state index in [9.17, 15) is 19.5 Å². The molecule has 1 aliphatic heterocycles. The first-order valence-corrected chi connectivity index (χ1v) is 17.2. The van der Waals surface area contributed by atoms with Crippen molar-refractivity contribution in [1.82, 2.24) is 19.6 Å². The number of carbonyl (C=O) groups excluding carboxylic acids is 3. The van der Waals surface area contributed by atoms with Gasteiger partial charge in [0.05, 0.1) is 37.4 Å². The molecule has 0 saturated heterocycles. The van der Waals surface area contributed by atoms with Crippen LogP contribution in [0.15, 0.2) is 72.8 Å². The molecule has 2 heterocycles. The summed E-state index contributed by atoms with van der Waals surface area (Å²) in [7, 11) is 1.59. The first-order chi connectivity index (χ1) is 23.8. The molecular formula is C39H47N5O5. The Hall–Kier alpha value is -4.96. The first kappa shape index (κ1) is 35.3. The Morgan fingerprint density at radius 2 is 1.65 bits per heavy atom. The van der Waals surface area contributed by atoms with Crippen molar-refractivity contribution in [2.75, 3.05) is 32.1 Å². The second kappa shape index (κ2) is 16.4. The quantitative estimate of drug-likeness (QED) is 0.171. The Labute approximate surface area is 288 Å². The number of unbranched alkanes of at least 4 members (excludes halogenated alkanes) is 2. The zero-order chi connectivity index (χ0) is 34.9. The summed E-state index contributed by atoms with van der Waals surface area (Å²) in [5.74, 6) is 0.0359. The fourth-order valence-electron chi connectivity index (χ4n) is 6.24. The summed E-state index contributed by atoms with van der Waals surface area (Å²) in [6.45, 7) is 7.53. The monoisotopic (exact) mass is 665 g/mol. The molecule has 258 valence electrons. The molecule has 2 N–H and O–H groups in total. The minimum absolute atomic E-state index is 0.132. The molecule has 0 saturated carbocycles. The lowest BCUT2D eigenvalue weighted by Gasteiger charge is -2.36. The van der Waals surface area contributed by atoms with Crippen LogP contribution in [-0.4, -0.2) is 75.3 Å². The lowest BCUT2D eigenvalue weighted by atomic mass is 9.93. The minimum atomic E-state index is -0.426. The summed E-state index contributed by atoms with van der Waals surface area (Å²) < 4.78 is 6.86. The number of fused-ring (bicyclic) bond motifs is 1. The summed E-state index contributed by atoms with van der Waals surface area (Å²) in [5.41, 5.74) is 5.20. The van der Waals surface area contributed by atoms with E-state index >= 15 is 0 Å². The standard InChI is InChI=1S/C39H47N5O5/c1-5-7-19-42(20-8-6-2)39(48)35-21-27(3)44(41-35)36-18-15-31(40-37(46)22-28-13-16-33(49-4)17-14-28)24-34(36)38(47)43-25-30-12-10-9-11-29(30)23-32(43)26-45/h9-18,21,24,32,45H,5-8,19-20,22-23,25-26H2,1-4H3,(H,40,46)/t32-/m0/s1. The van der Waals surface area contributed by atoms with Gasteiger partial charge in [-0.15, -0.1) is 0 Å². The van der Waals surface area contributed by atoms with Crippen LogP contribution < -0.4 is 10.1 Å². The number of aliphatic hydroxyl groups excluding tert-OH is 1. The third-order valence-corrected chi connectivity index (χ3v) is 9.05. The maximum atomic E-state index is 14.5. The van der Waals surface area contributed by atoms with Gasteiger partial charge in [-0.3, -0.25) is 14.4 Å². The van der Waals surface area contributed by atoms with Crippen molar-refractivity contribution in [3.05, 3.63) is 106 Å². The van der Waals surface area contributed by atoms with Crippen molar-refractivity contribution in [2.24, 2.45) is 0 Å². The Balaban J connectivity index is 1.50. The number of ether oxygens (including phenoxy) is 1. The average molecular weight is 666 g/mol. The van der Waals surface area contributed by atoms with Gasteiger partial charge in [-0.1, -0.05) is 63.1 Å². The van der Waals surface area contributed by atoms with Crippen molar-refractivity contribution in [3.63, 3.8) is 0 Å². The number of aromatic nitrogens is 2. The number of methoxy groups -OCH3 is 1. The zero-order valence-corrected chi connectivity index (χ0v) is 28.9. The Bertz CT molecular complexity index is 1760. The van der Waals surface area contributed by atoms with Crippen LogP contribution in [0.4, 0.5) is 5.69 Å². The van der Waals surface area contributed by atoms with E-state index in [4.69, 9.17) is 9.84 Å². The molecule has 1 aromatic heterocycles. The highest BCUT2D eigenvalue weighted by atomic mass is 16.5. The van der Waals surface area contributed by atoms with Crippen LogP contribution in [0.2, 0.25) is 0 Å². The first-order valence-electron chi connectivity index (χ1n) is 17.2. The second-order valence-corrected chi connectivity index (χ2v) is 12.6.